The van der Waals surface area contributed by atoms with Crippen molar-refractivity contribution >= 4 is 5.91 Å². The SMILES string of the molecule is CC/C=C/CC/C=C/CC/C=C/C(O)C(COC1OC(CO)C(O)C(O)C1O)NC(=O)CCCCCCCC/C=C\C/C=C\C/C=C\CCCCC. The van der Waals surface area contributed by atoms with Crippen LogP contribution in [0.5, 0.6) is 0 Å². The summed E-state index contributed by atoms with van der Waals surface area (Å²) < 4.78 is 11.1. The van der Waals surface area contributed by atoms with E-state index in [-0.39, 0.29) is 12.5 Å². The largest absolute Gasteiger partial charge is 0.394 e. The Morgan fingerprint density at radius 2 is 1.21 bits per heavy atom. The van der Waals surface area contributed by atoms with Crippen LogP contribution in [0.4, 0.5) is 0 Å². The molecule has 9 heteroatoms. The van der Waals surface area contributed by atoms with Gasteiger partial charge in [-0.2, -0.15) is 0 Å². The van der Waals surface area contributed by atoms with Crippen molar-refractivity contribution in [1.82, 2.24) is 5.32 Å². The molecule has 0 aliphatic carbocycles. The quantitative estimate of drug-likeness (QED) is 0.0319. The number of aliphatic hydroxyl groups is 5. The van der Waals surface area contributed by atoms with Crippen LogP contribution in [0.15, 0.2) is 72.9 Å². The number of aliphatic hydroxyl groups excluding tert-OH is 5. The third-order valence-corrected chi connectivity index (χ3v) is 8.99. The predicted octanol–water partition coefficient (Wildman–Crippen LogP) is 7.44. The second-order valence-electron chi connectivity index (χ2n) is 13.7. The molecule has 1 amide bonds. The van der Waals surface area contributed by atoms with Crippen molar-refractivity contribution in [1.29, 1.82) is 0 Å². The highest BCUT2D eigenvalue weighted by Crippen LogP contribution is 2.22. The highest BCUT2D eigenvalue weighted by Gasteiger charge is 2.44. The second-order valence-corrected chi connectivity index (χ2v) is 13.7. The molecular formula is C43H73NO8. The van der Waals surface area contributed by atoms with Crippen LogP contribution in [0.25, 0.3) is 0 Å². The molecule has 1 aliphatic rings. The van der Waals surface area contributed by atoms with Gasteiger partial charge in [0.2, 0.25) is 5.91 Å². The van der Waals surface area contributed by atoms with Crippen molar-refractivity contribution in [2.75, 3.05) is 13.2 Å². The first kappa shape index (κ1) is 47.7. The summed E-state index contributed by atoms with van der Waals surface area (Å²) in [4.78, 5) is 12.9. The van der Waals surface area contributed by atoms with Crippen LogP contribution in [0.3, 0.4) is 0 Å². The van der Waals surface area contributed by atoms with Crippen molar-refractivity contribution in [2.24, 2.45) is 0 Å². The summed E-state index contributed by atoms with van der Waals surface area (Å²) in [6.07, 6.45) is 36.7. The van der Waals surface area contributed by atoms with E-state index in [1.165, 1.54) is 25.7 Å². The van der Waals surface area contributed by atoms with Crippen molar-refractivity contribution in [2.45, 2.75) is 179 Å². The fraction of sp³-hybridized carbons (Fsp3) is 0.698. The zero-order valence-electron chi connectivity index (χ0n) is 32.3. The number of rotatable bonds is 31. The van der Waals surface area contributed by atoms with Gasteiger partial charge in [-0.15, -0.1) is 0 Å². The fourth-order valence-electron chi connectivity index (χ4n) is 5.73. The number of amides is 1. The Labute approximate surface area is 315 Å². The third-order valence-electron chi connectivity index (χ3n) is 8.99. The van der Waals surface area contributed by atoms with Gasteiger partial charge in [0, 0.05) is 6.42 Å². The van der Waals surface area contributed by atoms with Gasteiger partial charge in [-0.1, -0.05) is 125 Å². The van der Waals surface area contributed by atoms with Gasteiger partial charge in [0.1, 0.15) is 24.4 Å². The average Bonchev–Trinajstić information content (AvgIpc) is 3.14. The van der Waals surface area contributed by atoms with Crippen LogP contribution < -0.4 is 5.32 Å². The first-order chi connectivity index (χ1) is 25.3. The summed E-state index contributed by atoms with van der Waals surface area (Å²) in [5.41, 5.74) is 0. The highest BCUT2D eigenvalue weighted by atomic mass is 16.7. The summed E-state index contributed by atoms with van der Waals surface area (Å²) in [7, 11) is 0. The third kappa shape index (κ3) is 24.0. The van der Waals surface area contributed by atoms with Gasteiger partial charge in [0.15, 0.2) is 6.29 Å². The van der Waals surface area contributed by atoms with E-state index in [0.717, 1.165) is 89.9 Å². The van der Waals surface area contributed by atoms with Crippen LogP contribution in [-0.2, 0) is 14.3 Å². The number of hydrogen-bond acceptors (Lipinski definition) is 8. The molecule has 7 atom stereocenters. The second kappa shape index (κ2) is 33.2. The molecule has 6 N–H and O–H groups in total. The highest BCUT2D eigenvalue weighted by molar-refractivity contribution is 5.76. The van der Waals surface area contributed by atoms with Crippen LogP contribution in [0.1, 0.15) is 136 Å². The van der Waals surface area contributed by atoms with Crippen molar-refractivity contribution < 1.29 is 39.8 Å². The van der Waals surface area contributed by atoms with Crippen molar-refractivity contribution in [3.63, 3.8) is 0 Å². The van der Waals surface area contributed by atoms with E-state index in [9.17, 15) is 30.3 Å². The minimum Gasteiger partial charge on any atom is -0.394 e. The van der Waals surface area contributed by atoms with E-state index in [2.05, 4.69) is 79.9 Å². The van der Waals surface area contributed by atoms with Gasteiger partial charge in [-0.25, -0.2) is 0 Å². The van der Waals surface area contributed by atoms with Crippen LogP contribution >= 0.6 is 0 Å². The Hall–Kier alpha value is -2.37. The van der Waals surface area contributed by atoms with E-state index < -0.39 is 49.5 Å². The van der Waals surface area contributed by atoms with E-state index in [1.54, 1.807) is 6.08 Å². The lowest BCUT2D eigenvalue weighted by atomic mass is 9.99. The molecule has 1 aliphatic heterocycles. The lowest BCUT2D eigenvalue weighted by Crippen LogP contribution is -2.60. The van der Waals surface area contributed by atoms with Crippen LogP contribution in [0.2, 0.25) is 0 Å². The maximum Gasteiger partial charge on any atom is 0.220 e. The first-order valence-electron chi connectivity index (χ1n) is 20.2. The number of unbranched alkanes of at least 4 members (excludes halogenated alkanes) is 11. The number of nitrogens with one attached hydrogen (secondary N) is 1. The minimum absolute atomic E-state index is 0.211. The van der Waals surface area contributed by atoms with Gasteiger partial charge in [-0.05, 0) is 77.0 Å². The molecule has 0 radical (unpaired) electrons. The fourth-order valence-corrected chi connectivity index (χ4v) is 5.73. The normalized spacial score (nSPS) is 22.6. The predicted molar refractivity (Wildman–Crippen MR) is 212 cm³/mol. The van der Waals surface area contributed by atoms with Gasteiger partial charge >= 0.3 is 0 Å². The lowest BCUT2D eigenvalue weighted by Gasteiger charge is -2.40. The molecule has 9 nitrogen and oxygen atoms in total. The number of carbonyl (C=O) groups is 1. The molecule has 0 aromatic heterocycles. The Bertz CT molecular complexity index is 1040. The van der Waals surface area contributed by atoms with Crippen molar-refractivity contribution in [3.8, 4) is 0 Å². The van der Waals surface area contributed by atoms with E-state index in [4.69, 9.17) is 9.47 Å². The Kier molecular flexibility index (Phi) is 30.4. The van der Waals surface area contributed by atoms with E-state index in [0.29, 0.717) is 6.42 Å². The molecule has 0 saturated carbocycles. The first-order valence-corrected chi connectivity index (χ1v) is 20.2. The Balaban J connectivity index is 2.41. The summed E-state index contributed by atoms with van der Waals surface area (Å²) in [5.74, 6) is -0.211. The molecule has 0 aromatic rings. The zero-order valence-corrected chi connectivity index (χ0v) is 32.3. The average molecular weight is 732 g/mol. The monoisotopic (exact) mass is 732 g/mol. The molecule has 1 saturated heterocycles. The van der Waals surface area contributed by atoms with Crippen molar-refractivity contribution in [3.05, 3.63) is 72.9 Å². The molecule has 0 bridgehead atoms. The molecule has 1 rings (SSSR count). The number of allylic oxidation sites excluding steroid dienone is 11. The van der Waals surface area contributed by atoms with E-state index >= 15 is 0 Å². The number of hydrogen-bond donors (Lipinski definition) is 6. The molecular weight excluding hydrogens is 658 g/mol. The number of carbonyl (C=O) groups excluding carboxylic acids is 1. The topological polar surface area (TPSA) is 149 Å². The molecule has 7 unspecified atom stereocenters. The Morgan fingerprint density at radius 3 is 1.83 bits per heavy atom. The smallest absolute Gasteiger partial charge is 0.220 e. The summed E-state index contributed by atoms with van der Waals surface area (Å²) >= 11 is 0. The molecule has 0 spiro atoms. The molecule has 298 valence electrons. The molecule has 1 heterocycles. The maximum atomic E-state index is 12.9. The summed E-state index contributed by atoms with van der Waals surface area (Å²) in [5, 5.41) is 53.8. The Morgan fingerprint density at radius 1 is 0.673 bits per heavy atom. The van der Waals surface area contributed by atoms with Crippen LogP contribution in [0, 0.1) is 0 Å². The van der Waals surface area contributed by atoms with E-state index in [1.807, 2.05) is 6.08 Å². The maximum absolute atomic E-state index is 12.9. The van der Waals surface area contributed by atoms with Gasteiger partial charge in [0.05, 0.1) is 25.4 Å². The van der Waals surface area contributed by atoms with Gasteiger partial charge in [-0.3, -0.25) is 4.79 Å². The summed E-state index contributed by atoms with van der Waals surface area (Å²) in [6, 6.07) is -0.835. The lowest BCUT2D eigenvalue weighted by molar-refractivity contribution is -0.302. The minimum atomic E-state index is -1.58. The zero-order chi connectivity index (χ0) is 38.1. The summed E-state index contributed by atoms with van der Waals surface area (Å²) in [6.45, 7) is 3.55. The van der Waals surface area contributed by atoms with Crippen LogP contribution in [-0.4, -0.2) is 87.5 Å². The molecule has 1 fully saturated rings. The number of ether oxygens (including phenoxy) is 2. The standard InChI is InChI=1S/C43H73NO8/c1-3-5-7-9-11-13-15-16-17-18-19-20-21-22-23-25-27-29-31-33-39(47)44-36(35-51-43-42(50)41(49)40(48)38(34-45)52-43)37(46)32-30-28-26-24-14-12-10-8-6-4-2/h6,8,11,13-14,16-17,19-20,24,30,32,36-38,40-43,45-46,48-50H,3-5,7,9-10,12,15,18,21-23,25-29,31,33-35H2,1-2H3,(H,44,47)/b8-6+,13-11-,17-16-,20-19-,24-14+,32-30+. The van der Waals surface area contributed by atoms with Gasteiger partial charge in [0.25, 0.3) is 0 Å². The molecule has 0 aromatic carbocycles. The van der Waals surface area contributed by atoms with Gasteiger partial charge < -0.3 is 40.3 Å². The molecule has 52 heavy (non-hydrogen) atoms.